The van der Waals surface area contributed by atoms with Crippen LogP contribution in [0.2, 0.25) is 0 Å². The zero-order valence-electron chi connectivity index (χ0n) is 23.0. The van der Waals surface area contributed by atoms with Crippen LogP contribution in [0, 0.1) is 13.8 Å². The zero-order valence-corrected chi connectivity index (χ0v) is 23.0. The number of hydrogen-bond acceptors (Lipinski definition) is 5. The third-order valence-corrected chi connectivity index (χ3v) is 7.73. The standard InChI is InChI=1S/C31H40N6O.CH4/c1-4-32-17-18-33-26-15-13-24(14-16-26)19-28-34-20-25-21-36(29-22(2)9-8-10-23(29)3)31(38)37(30(25)35-28)27-11-6-5-7-12-27;/h8-10,13-16,20,27,32-33H,4-7,11-12,17-19,21H2,1-3H3;1H4. The van der Waals surface area contributed by atoms with Crippen molar-refractivity contribution in [2.24, 2.45) is 0 Å². The topological polar surface area (TPSA) is 73.4 Å². The third-order valence-electron chi connectivity index (χ3n) is 7.73. The maximum absolute atomic E-state index is 14.1. The lowest BCUT2D eigenvalue weighted by atomic mass is 9.93. The van der Waals surface area contributed by atoms with Crippen molar-refractivity contribution >= 4 is 23.2 Å². The average Bonchev–Trinajstić information content (AvgIpc) is 2.93. The Bertz CT molecular complexity index is 1230. The van der Waals surface area contributed by atoms with Crippen LogP contribution in [0.15, 0.2) is 48.7 Å². The molecule has 0 unspecified atom stereocenters. The number of carbonyl (C=O) groups is 1. The molecule has 5 rings (SSSR count). The number of likely N-dealkylation sites (N-methyl/N-ethyl adjacent to an activating group) is 1. The molecule has 2 amide bonds. The van der Waals surface area contributed by atoms with Gasteiger partial charge in [-0.15, -0.1) is 0 Å². The van der Waals surface area contributed by atoms with Gasteiger partial charge in [0.15, 0.2) is 0 Å². The number of hydrogen-bond donors (Lipinski definition) is 2. The summed E-state index contributed by atoms with van der Waals surface area (Å²) in [6.07, 6.45) is 8.16. The Morgan fingerprint density at radius 2 is 1.69 bits per heavy atom. The van der Waals surface area contributed by atoms with E-state index in [1.54, 1.807) is 0 Å². The van der Waals surface area contributed by atoms with E-state index in [0.717, 1.165) is 90.6 Å². The number of nitrogens with zero attached hydrogens (tertiary/aromatic N) is 4. The van der Waals surface area contributed by atoms with Crippen molar-refractivity contribution in [2.75, 3.05) is 34.8 Å². The Labute approximate surface area is 234 Å². The van der Waals surface area contributed by atoms with Gasteiger partial charge in [-0.25, -0.2) is 14.8 Å². The number of fused-ring (bicyclic) bond motifs is 1. The molecule has 39 heavy (non-hydrogen) atoms. The Hall–Kier alpha value is -3.45. The van der Waals surface area contributed by atoms with Crippen LogP contribution in [0.4, 0.5) is 22.0 Å². The molecule has 2 heterocycles. The lowest BCUT2D eigenvalue weighted by Gasteiger charge is -2.42. The van der Waals surface area contributed by atoms with Crippen molar-refractivity contribution < 1.29 is 4.79 Å². The summed E-state index contributed by atoms with van der Waals surface area (Å²) in [5.74, 6) is 1.56. The second kappa shape index (κ2) is 13.1. The van der Waals surface area contributed by atoms with Gasteiger partial charge in [-0.05, 0) is 62.1 Å². The monoisotopic (exact) mass is 528 g/mol. The van der Waals surface area contributed by atoms with Crippen LogP contribution in [-0.2, 0) is 13.0 Å². The van der Waals surface area contributed by atoms with Gasteiger partial charge in [0.05, 0.1) is 12.2 Å². The van der Waals surface area contributed by atoms with E-state index in [1.165, 1.54) is 6.42 Å². The molecule has 1 aromatic heterocycles. The minimum atomic E-state index is 0. The van der Waals surface area contributed by atoms with Crippen molar-refractivity contribution in [2.45, 2.75) is 79.3 Å². The quantitative estimate of drug-likeness (QED) is 0.305. The normalized spacial score (nSPS) is 15.6. The Kier molecular flexibility index (Phi) is 9.57. The highest BCUT2D eigenvalue weighted by Gasteiger charge is 2.38. The van der Waals surface area contributed by atoms with Crippen LogP contribution >= 0.6 is 0 Å². The third kappa shape index (κ3) is 6.41. The SMILES string of the molecule is C.CCNCCNc1ccc(Cc2ncc3c(n2)N(C2CCCCC2)C(=O)N(c2c(C)cccc2C)C3)cc1. The molecule has 2 aliphatic rings. The highest BCUT2D eigenvalue weighted by atomic mass is 16.2. The second-order valence-corrected chi connectivity index (χ2v) is 10.6. The van der Waals surface area contributed by atoms with Crippen molar-refractivity contribution in [1.82, 2.24) is 15.3 Å². The highest BCUT2D eigenvalue weighted by molar-refractivity contribution is 6.06. The first-order valence-corrected chi connectivity index (χ1v) is 14.1. The molecule has 3 aromatic rings. The average molecular weight is 529 g/mol. The van der Waals surface area contributed by atoms with Gasteiger partial charge >= 0.3 is 6.03 Å². The summed E-state index contributed by atoms with van der Waals surface area (Å²) in [5.41, 5.74) is 6.52. The summed E-state index contributed by atoms with van der Waals surface area (Å²) in [6.45, 7) is 9.59. The maximum atomic E-state index is 14.1. The van der Waals surface area contributed by atoms with E-state index in [4.69, 9.17) is 9.97 Å². The predicted octanol–water partition coefficient (Wildman–Crippen LogP) is 6.62. The first-order chi connectivity index (χ1) is 18.5. The van der Waals surface area contributed by atoms with Crippen molar-refractivity contribution in [3.63, 3.8) is 0 Å². The molecule has 7 heteroatoms. The Morgan fingerprint density at radius 1 is 0.974 bits per heavy atom. The number of nitrogens with one attached hydrogen (secondary N) is 2. The van der Waals surface area contributed by atoms with Crippen LogP contribution < -0.4 is 20.4 Å². The largest absolute Gasteiger partial charge is 0.384 e. The zero-order chi connectivity index (χ0) is 26.5. The summed E-state index contributed by atoms with van der Waals surface area (Å²) in [5, 5.41) is 6.77. The van der Waals surface area contributed by atoms with Gasteiger partial charge in [-0.2, -0.15) is 0 Å². The minimum Gasteiger partial charge on any atom is -0.384 e. The van der Waals surface area contributed by atoms with Gasteiger partial charge in [0.2, 0.25) is 0 Å². The molecule has 7 nitrogen and oxygen atoms in total. The van der Waals surface area contributed by atoms with Gasteiger partial charge in [-0.3, -0.25) is 9.80 Å². The molecule has 208 valence electrons. The van der Waals surface area contributed by atoms with E-state index in [2.05, 4.69) is 73.9 Å². The van der Waals surface area contributed by atoms with Crippen LogP contribution in [0.3, 0.4) is 0 Å². The van der Waals surface area contributed by atoms with E-state index in [9.17, 15) is 4.79 Å². The number of amides is 2. The fraction of sp³-hybridized carbons (Fsp3) is 0.469. The summed E-state index contributed by atoms with van der Waals surface area (Å²) >= 11 is 0. The lowest BCUT2D eigenvalue weighted by molar-refractivity contribution is 0.244. The molecule has 0 spiro atoms. The van der Waals surface area contributed by atoms with E-state index < -0.39 is 0 Å². The predicted molar refractivity (Wildman–Crippen MR) is 162 cm³/mol. The number of urea groups is 1. The van der Waals surface area contributed by atoms with Crippen LogP contribution in [0.5, 0.6) is 0 Å². The number of carbonyl (C=O) groups excluding carboxylic acids is 1. The molecule has 0 atom stereocenters. The van der Waals surface area contributed by atoms with E-state index in [1.807, 2.05) is 16.0 Å². The molecular weight excluding hydrogens is 484 g/mol. The van der Waals surface area contributed by atoms with Gasteiger partial charge in [0.25, 0.3) is 0 Å². The van der Waals surface area contributed by atoms with Gasteiger partial charge < -0.3 is 10.6 Å². The molecule has 0 saturated heterocycles. The van der Waals surface area contributed by atoms with E-state index in [-0.39, 0.29) is 19.5 Å². The molecule has 1 aliphatic heterocycles. The fourth-order valence-electron chi connectivity index (χ4n) is 5.77. The summed E-state index contributed by atoms with van der Waals surface area (Å²) in [6, 6.07) is 14.9. The minimum absolute atomic E-state index is 0. The first-order valence-electron chi connectivity index (χ1n) is 14.1. The smallest absolute Gasteiger partial charge is 0.330 e. The van der Waals surface area contributed by atoms with Crippen LogP contribution in [-0.4, -0.2) is 41.7 Å². The summed E-state index contributed by atoms with van der Waals surface area (Å²) in [7, 11) is 0. The summed E-state index contributed by atoms with van der Waals surface area (Å²) in [4.78, 5) is 27.8. The molecule has 0 radical (unpaired) electrons. The molecular formula is C32H44N6O. The van der Waals surface area contributed by atoms with Crippen LogP contribution in [0.1, 0.15) is 74.5 Å². The molecule has 2 N–H and O–H groups in total. The number of para-hydroxylation sites is 1. The molecule has 1 saturated carbocycles. The second-order valence-electron chi connectivity index (χ2n) is 10.6. The molecule has 2 aromatic carbocycles. The number of anilines is 3. The molecule has 1 fully saturated rings. The van der Waals surface area contributed by atoms with Gasteiger partial charge in [0, 0.05) is 43.0 Å². The van der Waals surface area contributed by atoms with Gasteiger partial charge in [0.1, 0.15) is 11.6 Å². The highest BCUT2D eigenvalue weighted by Crippen LogP contribution is 2.37. The number of aromatic nitrogens is 2. The van der Waals surface area contributed by atoms with Gasteiger partial charge in [-0.1, -0.05) is 63.9 Å². The number of aryl methyl sites for hydroxylation is 2. The maximum Gasteiger partial charge on any atom is 0.330 e. The lowest BCUT2D eigenvalue weighted by Crippen LogP contribution is -2.53. The number of rotatable bonds is 9. The van der Waals surface area contributed by atoms with E-state index >= 15 is 0 Å². The molecule has 1 aliphatic carbocycles. The first kappa shape index (κ1) is 28.6. The molecule has 0 bridgehead atoms. The number of benzene rings is 2. The fourth-order valence-corrected chi connectivity index (χ4v) is 5.77. The van der Waals surface area contributed by atoms with Crippen LogP contribution in [0.25, 0.3) is 0 Å². The Morgan fingerprint density at radius 3 is 2.38 bits per heavy atom. The Balaban J connectivity index is 0.00000353. The van der Waals surface area contributed by atoms with Crippen molar-refractivity contribution in [1.29, 1.82) is 0 Å². The van der Waals surface area contributed by atoms with Crippen molar-refractivity contribution in [3.8, 4) is 0 Å². The van der Waals surface area contributed by atoms with E-state index in [0.29, 0.717) is 13.0 Å². The summed E-state index contributed by atoms with van der Waals surface area (Å²) < 4.78 is 0. The van der Waals surface area contributed by atoms with Crippen molar-refractivity contribution in [3.05, 3.63) is 76.7 Å².